The van der Waals surface area contributed by atoms with Gasteiger partial charge in [-0.2, -0.15) is 0 Å². The van der Waals surface area contributed by atoms with Crippen molar-refractivity contribution < 1.29 is 9.84 Å². The van der Waals surface area contributed by atoms with Crippen molar-refractivity contribution in [3.05, 3.63) is 42.1 Å². The second kappa shape index (κ2) is 5.51. The molecule has 0 spiro atoms. The number of para-hydroxylation sites is 1. The van der Waals surface area contributed by atoms with Gasteiger partial charge in [0.15, 0.2) is 0 Å². The molecular weight excluding hydrogens is 250 g/mol. The summed E-state index contributed by atoms with van der Waals surface area (Å²) >= 11 is 0. The third-order valence-electron chi connectivity index (χ3n) is 4.36. The molecule has 1 N–H and O–H groups in total. The normalized spacial score (nSPS) is 24.7. The number of aromatic nitrogens is 1. The minimum atomic E-state index is -0.478. The lowest BCUT2D eigenvalue weighted by molar-refractivity contribution is -0.135. The number of nitrogens with zero attached hydrogens (tertiary/aromatic N) is 1. The summed E-state index contributed by atoms with van der Waals surface area (Å²) in [5.41, 5.74) is 1.70. The highest BCUT2D eigenvalue weighted by atomic mass is 16.5. The summed E-state index contributed by atoms with van der Waals surface area (Å²) in [5.74, 6) is 0. The number of hydrogen-bond donors (Lipinski definition) is 1. The highest BCUT2D eigenvalue weighted by molar-refractivity contribution is 5.81. The molecule has 0 saturated carbocycles. The van der Waals surface area contributed by atoms with Crippen LogP contribution in [0.3, 0.4) is 0 Å². The zero-order chi connectivity index (χ0) is 14.0. The summed E-state index contributed by atoms with van der Waals surface area (Å²) in [6, 6.07) is 10.1. The van der Waals surface area contributed by atoms with Crippen LogP contribution in [-0.2, 0) is 11.2 Å². The standard InChI is InChI=1S/C17H21NO2/c1-17(9-4-5-11-20-17)16(19)12-13-8-10-18-15-7-3-2-6-14(13)15/h2-3,6-8,10,16,19H,4-5,9,11-12H2,1H3. The Labute approximate surface area is 119 Å². The summed E-state index contributed by atoms with van der Waals surface area (Å²) in [7, 11) is 0. The van der Waals surface area contributed by atoms with E-state index in [4.69, 9.17) is 4.74 Å². The molecule has 0 aliphatic carbocycles. The molecule has 3 heteroatoms. The molecule has 0 amide bonds. The first-order chi connectivity index (χ1) is 9.69. The number of rotatable bonds is 3. The molecule has 1 aromatic carbocycles. The van der Waals surface area contributed by atoms with E-state index in [1.807, 2.05) is 37.4 Å². The summed E-state index contributed by atoms with van der Waals surface area (Å²) in [5, 5.41) is 11.7. The van der Waals surface area contributed by atoms with Crippen LogP contribution in [0.25, 0.3) is 10.9 Å². The second-order valence-corrected chi connectivity index (χ2v) is 5.83. The van der Waals surface area contributed by atoms with Crippen LogP contribution in [0.1, 0.15) is 31.7 Å². The van der Waals surface area contributed by atoms with Gasteiger partial charge in [0.2, 0.25) is 0 Å². The molecule has 1 aliphatic rings. The predicted octanol–water partition coefficient (Wildman–Crippen LogP) is 3.10. The van der Waals surface area contributed by atoms with Crippen LogP contribution in [0.15, 0.2) is 36.5 Å². The van der Waals surface area contributed by atoms with Crippen molar-refractivity contribution in [2.75, 3.05) is 6.61 Å². The first-order valence-electron chi connectivity index (χ1n) is 7.34. The number of benzene rings is 1. The fraction of sp³-hybridized carbons (Fsp3) is 0.471. The van der Waals surface area contributed by atoms with Crippen molar-refractivity contribution in [3.63, 3.8) is 0 Å². The number of aliphatic hydroxyl groups excluding tert-OH is 1. The highest BCUT2D eigenvalue weighted by Gasteiger charge is 2.35. The molecule has 0 bridgehead atoms. The van der Waals surface area contributed by atoms with Gasteiger partial charge in [-0.05, 0) is 43.9 Å². The van der Waals surface area contributed by atoms with E-state index in [1.165, 1.54) is 0 Å². The van der Waals surface area contributed by atoms with Crippen molar-refractivity contribution in [1.82, 2.24) is 4.98 Å². The van der Waals surface area contributed by atoms with E-state index in [0.717, 1.165) is 42.3 Å². The molecule has 3 nitrogen and oxygen atoms in total. The van der Waals surface area contributed by atoms with Gasteiger partial charge >= 0.3 is 0 Å². The first kappa shape index (κ1) is 13.5. The Morgan fingerprint density at radius 3 is 2.95 bits per heavy atom. The summed E-state index contributed by atoms with van der Waals surface area (Å²) in [6.45, 7) is 2.78. The van der Waals surface area contributed by atoms with Gasteiger partial charge in [0, 0.05) is 24.6 Å². The Bertz CT molecular complexity index is 585. The lowest BCUT2D eigenvalue weighted by Gasteiger charge is -2.38. The van der Waals surface area contributed by atoms with E-state index >= 15 is 0 Å². The molecule has 106 valence electrons. The average molecular weight is 271 g/mol. The molecule has 1 fully saturated rings. The number of hydrogen-bond acceptors (Lipinski definition) is 3. The molecule has 1 saturated heterocycles. The first-order valence-corrected chi connectivity index (χ1v) is 7.34. The predicted molar refractivity (Wildman–Crippen MR) is 79.7 cm³/mol. The Hall–Kier alpha value is -1.45. The summed E-state index contributed by atoms with van der Waals surface area (Å²) in [4.78, 5) is 4.37. The molecule has 2 aromatic rings. The van der Waals surface area contributed by atoms with Gasteiger partial charge < -0.3 is 9.84 Å². The van der Waals surface area contributed by atoms with Crippen molar-refractivity contribution in [2.24, 2.45) is 0 Å². The van der Waals surface area contributed by atoms with Gasteiger partial charge in [-0.25, -0.2) is 0 Å². The van der Waals surface area contributed by atoms with E-state index in [1.54, 1.807) is 0 Å². The van der Waals surface area contributed by atoms with Crippen molar-refractivity contribution >= 4 is 10.9 Å². The lowest BCUT2D eigenvalue weighted by Crippen LogP contribution is -2.45. The third-order valence-corrected chi connectivity index (χ3v) is 4.36. The number of aliphatic hydroxyl groups is 1. The van der Waals surface area contributed by atoms with Crippen molar-refractivity contribution in [3.8, 4) is 0 Å². The zero-order valence-corrected chi connectivity index (χ0v) is 11.9. The SMILES string of the molecule is CC1(C(O)Cc2ccnc3ccccc23)CCCCO1. The molecule has 1 aliphatic heterocycles. The topological polar surface area (TPSA) is 42.4 Å². The largest absolute Gasteiger partial charge is 0.390 e. The Kier molecular flexibility index (Phi) is 3.72. The lowest BCUT2D eigenvalue weighted by atomic mass is 9.86. The maximum atomic E-state index is 10.6. The Balaban J connectivity index is 1.85. The van der Waals surface area contributed by atoms with E-state index in [2.05, 4.69) is 11.1 Å². The van der Waals surface area contributed by atoms with Crippen LogP contribution in [0.4, 0.5) is 0 Å². The summed E-state index contributed by atoms with van der Waals surface area (Å²) < 4.78 is 5.85. The fourth-order valence-corrected chi connectivity index (χ4v) is 2.98. The highest BCUT2D eigenvalue weighted by Crippen LogP contribution is 2.30. The Morgan fingerprint density at radius 2 is 2.15 bits per heavy atom. The molecule has 20 heavy (non-hydrogen) atoms. The monoisotopic (exact) mass is 271 g/mol. The molecule has 3 rings (SSSR count). The van der Waals surface area contributed by atoms with Crippen LogP contribution in [0.5, 0.6) is 0 Å². The van der Waals surface area contributed by atoms with Gasteiger partial charge in [-0.15, -0.1) is 0 Å². The van der Waals surface area contributed by atoms with E-state index in [0.29, 0.717) is 6.42 Å². The third kappa shape index (κ3) is 2.56. The van der Waals surface area contributed by atoms with Gasteiger partial charge in [-0.1, -0.05) is 18.2 Å². The van der Waals surface area contributed by atoms with Crippen LogP contribution in [0, 0.1) is 0 Å². The van der Waals surface area contributed by atoms with Gasteiger partial charge in [0.05, 0.1) is 17.2 Å². The Morgan fingerprint density at radius 1 is 1.30 bits per heavy atom. The average Bonchev–Trinajstić information content (AvgIpc) is 2.48. The minimum absolute atomic E-state index is 0.414. The molecule has 1 aromatic heterocycles. The number of ether oxygens (including phenoxy) is 1. The maximum absolute atomic E-state index is 10.6. The van der Waals surface area contributed by atoms with E-state index in [-0.39, 0.29) is 0 Å². The molecule has 2 unspecified atom stereocenters. The zero-order valence-electron chi connectivity index (χ0n) is 11.9. The second-order valence-electron chi connectivity index (χ2n) is 5.83. The molecule has 2 heterocycles. The van der Waals surface area contributed by atoms with Gasteiger partial charge in [-0.3, -0.25) is 4.98 Å². The smallest absolute Gasteiger partial charge is 0.0915 e. The quantitative estimate of drug-likeness (QED) is 0.932. The van der Waals surface area contributed by atoms with Gasteiger partial charge in [0.1, 0.15) is 0 Å². The fourth-order valence-electron chi connectivity index (χ4n) is 2.98. The van der Waals surface area contributed by atoms with Crippen LogP contribution in [0.2, 0.25) is 0 Å². The van der Waals surface area contributed by atoms with Crippen molar-refractivity contribution in [2.45, 2.75) is 44.3 Å². The maximum Gasteiger partial charge on any atom is 0.0915 e. The number of pyridine rings is 1. The van der Waals surface area contributed by atoms with E-state index < -0.39 is 11.7 Å². The van der Waals surface area contributed by atoms with Crippen LogP contribution in [-0.4, -0.2) is 28.4 Å². The van der Waals surface area contributed by atoms with Gasteiger partial charge in [0.25, 0.3) is 0 Å². The van der Waals surface area contributed by atoms with Crippen LogP contribution < -0.4 is 0 Å². The minimum Gasteiger partial charge on any atom is -0.390 e. The van der Waals surface area contributed by atoms with E-state index in [9.17, 15) is 5.11 Å². The molecule has 0 radical (unpaired) electrons. The molecular formula is C17H21NO2. The van der Waals surface area contributed by atoms with Crippen LogP contribution >= 0.6 is 0 Å². The number of fused-ring (bicyclic) bond motifs is 1. The summed E-state index contributed by atoms with van der Waals surface area (Å²) in [6.07, 6.45) is 5.10. The molecule has 2 atom stereocenters. The van der Waals surface area contributed by atoms with Crippen molar-refractivity contribution in [1.29, 1.82) is 0 Å².